The predicted molar refractivity (Wildman–Crippen MR) is 88.4 cm³/mol. The highest BCUT2D eigenvalue weighted by Gasteiger charge is 2.28. The van der Waals surface area contributed by atoms with Gasteiger partial charge in [0.25, 0.3) is 0 Å². The third-order valence-corrected chi connectivity index (χ3v) is 5.62. The van der Waals surface area contributed by atoms with E-state index in [1.807, 2.05) is 12.1 Å². The number of Topliss-reactive ketones (excluding diaryl/α,β-unsaturated/α-hetero) is 1. The van der Waals surface area contributed by atoms with E-state index in [2.05, 4.69) is 0 Å². The van der Waals surface area contributed by atoms with Crippen LogP contribution in [0.4, 0.5) is 0 Å². The minimum Gasteiger partial charge on any atom is -0.497 e. The van der Waals surface area contributed by atoms with Crippen molar-refractivity contribution in [3.05, 3.63) is 65.2 Å². The highest BCUT2D eigenvalue weighted by atomic mass is 32.2. The van der Waals surface area contributed by atoms with Crippen LogP contribution in [0.25, 0.3) is 6.08 Å². The predicted octanol–water partition coefficient (Wildman–Crippen LogP) is 3.14. The average Bonchev–Trinajstić information content (AvgIpc) is 2.66. The molecule has 0 fully saturated rings. The van der Waals surface area contributed by atoms with Gasteiger partial charge in [-0.3, -0.25) is 4.79 Å². The Hall–Kier alpha value is -2.40. The van der Waals surface area contributed by atoms with Gasteiger partial charge in [0.05, 0.1) is 17.8 Å². The number of carbonyl (C=O) groups is 1. The number of carbonyl (C=O) groups excluding carboxylic acids is 1. The number of methoxy groups -OCH3 is 1. The molecule has 0 bridgehead atoms. The van der Waals surface area contributed by atoms with Crippen LogP contribution in [0.15, 0.2) is 59.0 Å². The molecule has 5 heteroatoms. The monoisotopic (exact) mass is 328 g/mol. The number of allylic oxidation sites excluding steroid dienone is 1. The van der Waals surface area contributed by atoms with Crippen molar-refractivity contribution in [1.29, 1.82) is 0 Å². The van der Waals surface area contributed by atoms with Gasteiger partial charge in [0, 0.05) is 11.1 Å². The number of rotatable bonds is 2. The summed E-state index contributed by atoms with van der Waals surface area (Å²) in [5, 5.41) is 0. The fourth-order valence-corrected chi connectivity index (χ4v) is 4.10. The highest BCUT2D eigenvalue weighted by Crippen LogP contribution is 2.28. The van der Waals surface area contributed by atoms with Crippen molar-refractivity contribution < 1.29 is 17.9 Å². The van der Waals surface area contributed by atoms with Crippen LogP contribution in [-0.2, 0) is 9.84 Å². The van der Waals surface area contributed by atoms with Gasteiger partial charge < -0.3 is 4.74 Å². The first-order valence-electron chi connectivity index (χ1n) is 7.22. The van der Waals surface area contributed by atoms with E-state index < -0.39 is 9.84 Å². The molecule has 0 spiro atoms. The van der Waals surface area contributed by atoms with Crippen molar-refractivity contribution in [3.8, 4) is 5.75 Å². The van der Waals surface area contributed by atoms with Crippen LogP contribution in [0, 0.1) is 0 Å². The molecule has 0 radical (unpaired) electrons. The lowest BCUT2D eigenvalue weighted by atomic mass is 9.99. The van der Waals surface area contributed by atoms with E-state index in [-0.39, 0.29) is 28.4 Å². The molecule has 1 aliphatic heterocycles. The summed E-state index contributed by atoms with van der Waals surface area (Å²) in [6.45, 7) is 0. The molecule has 2 aromatic rings. The SMILES string of the molecule is COc1ccc(/C=C2/CCS(=O)(=O)c3ccccc3C2=O)cc1. The smallest absolute Gasteiger partial charge is 0.190 e. The minimum atomic E-state index is -3.43. The van der Waals surface area contributed by atoms with E-state index in [4.69, 9.17) is 4.74 Å². The van der Waals surface area contributed by atoms with Crippen molar-refractivity contribution in [2.75, 3.05) is 12.9 Å². The summed E-state index contributed by atoms with van der Waals surface area (Å²) in [5.41, 5.74) is 1.60. The quantitative estimate of drug-likeness (QED) is 0.795. The zero-order valence-electron chi connectivity index (χ0n) is 12.7. The van der Waals surface area contributed by atoms with Gasteiger partial charge in [-0.25, -0.2) is 8.42 Å². The third kappa shape index (κ3) is 3.05. The number of ketones is 1. The van der Waals surface area contributed by atoms with Gasteiger partial charge in [0.2, 0.25) is 0 Å². The fourth-order valence-electron chi connectivity index (χ4n) is 2.61. The molecule has 23 heavy (non-hydrogen) atoms. The maximum atomic E-state index is 12.7. The van der Waals surface area contributed by atoms with Crippen molar-refractivity contribution in [2.45, 2.75) is 11.3 Å². The summed E-state index contributed by atoms with van der Waals surface area (Å²) in [6.07, 6.45) is 1.96. The first-order valence-corrected chi connectivity index (χ1v) is 8.87. The zero-order chi connectivity index (χ0) is 16.4. The Labute approximate surface area is 135 Å². The van der Waals surface area contributed by atoms with E-state index in [9.17, 15) is 13.2 Å². The first-order chi connectivity index (χ1) is 11.0. The number of ether oxygens (including phenoxy) is 1. The molecule has 0 amide bonds. The van der Waals surface area contributed by atoms with Crippen LogP contribution in [0.2, 0.25) is 0 Å². The molecule has 0 saturated heterocycles. The highest BCUT2D eigenvalue weighted by molar-refractivity contribution is 7.91. The summed E-state index contributed by atoms with van der Waals surface area (Å²) in [7, 11) is -1.84. The molecule has 0 aromatic heterocycles. The van der Waals surface area contributed by atoms with Gasteiger partial charge in [0.1, 0.15) is 5.75 Å². The number of hydrogen-bond acceptors (Lipinski definition) is 4. The molecular weight excluding hydrogens is 312 g/mol. The molecule has 3 rings (SSSR count). The Morgan fingerprint density at radius 3 is 2.43 bits per heavy atom. The lowest BCUT2D eigenvalue weighted by Crippen LogP contribution is -2.06. The normalized spacial score (nSPS) is 18.3. The second-order valence-corrected chi connectivity index (χ2v) is 7.41. The topological polar surface area (TPSA) is 60.4 Å². The second kappa shape index (κ2) is 6.01. The summed E-state index contributed by atoms with van der Waals surface area (Å²) in [5.74, 6) is 0.447. The van der Waals surface area contributed by atoms with Crippen molar-refractivity contribution in [3.63, 3.8) is 0 Å². The summed E-state index contributed by atoms with van der Waals surface area (Å²) >= 11 is 0. The van der Waals surface area contributed by atoms with E-state index in [0.717, 1.165) is 11.3 Å². The second-order valence-electron chi connectivity index (χ2n) is 5.34. The van der Waals surface area contributed by atoms with E-state index in [1.54, 1.807) is 43.5 Å². The molecule has 0 aliphatic carbocycles. The van der Waals surface area contributed by atoms with Gasteiger partial charge >= 0.3 is 0 Å². The van der Waals surface area contributed by atoms with Gasteiger partial charge in [-0.1, -0.05) is 24.3 Å². The molecule has 2 aromatic carbocycles. The van der Waals surface area contributed by atoms with Crippen LogP contribution in [0.5, 0.6) is 5.75 Å². The summed E-state index contributed by atoms with van der Waals surface area (Å²) in [6, 6.07) is 13.7. The van der Waals surface area contributed by atoms with E-state index in [1.165, 1.54) is 6.07 Å². The molecule has 118 valence electrons. The van der Waals surface area contributed by atoms with E-state index in [0.29, 0.717) is 5.57 Å². The van der Waals surface area contributed by atoms with Gasteiger partial charge in [-0.15, -0.1) is 0 Å². The Bertz CT molecular complexity index is 877. The third-order valence-electron chi connectivity index (χ3n) is 3.86. The van der Waals surface area contributed by atoms with Crippen LogP contribution in [-0.4, -0.2) is 27.1 Å². The number of fused-ring (bicyclic) bond motifs is 1. The largest absolute Gasteiger partial charge is 0.497 e. The lowest BCUT2D eigenvalue weighted by Gasteiger charge is -2.05. The van der Waals surface area contributed by atoms with Gasteiger partial charge in [-0.05, 0) is 42.3 Å². The first kappa shape index (κ1) is 15.5. The summed E-state index contributed by atoms with van der Waals surface area (Å²) in [4.78, 5) is 12.8. The molecule has 0 N–H and O–H groups in total. The Balaban J connectivity index is 2.05. The summed E-state index contributed by atoms with van der Waals surface area (Å²) < 4.78 is 29.8. The minimum absolute atomic E-state index is 0.0578. The number of benzene rings is 2. The lowest BCUT2D eigenvalue weighted by molar-refractivity contribution is 0.103. The van der Waals surface area contributed by atoms with Crippen LogP contribution in [0.1, 0.15) is 22.3 Å². The maximum Gasteiger partial charge on any atom is 0.190 e. The van der Waals surface area contributed by atoms with Crippen molar-refractivity contribution in [2.24, 2.45) is 0 Å². The van der Waals surface area contributed by atoms with Crippen molar-refractivity contribution >= 4 is 21.7 Å². The zero-order valence-corrected chi connectivity index (χ0v) is 13.5. The van der Waals surface area contributed by atoms with E-state index >= 15 is 0 Å². The van der Waals surface area contributed by atoms with Crippen LogP contribution >= 0.6 is 0 Å². The Kier molecular flexibility index (Phi) is 4.05. The fraction of sp³-hybridized carbons (Fsp3) is 0.167. The van der Waals surface area contributed by atoms with Gasteiger partial charge in [0.15, 0.2) is 15.6 Å². The molecule has 1 heterocycles. The standard InChI is InChI=1S/C18H16O4S/c1-22-15-8-6-13(7-9-15)12-14-10-11-23(20,21)17-5-3-2-4-16(17)18(14)19/h2-9,12H,10-11H2,1H3/b14-12-. The van der Waals surface area contributed by atoms with Crippen LogP contribution in [0.3, 0.4) is 0 Å². The average molecular weight is 328 g/mol. The molecule has 0 unspecified atom stereocenters. The molecule has 4 nitrogen and oxygen atoms in total. The number of sulfone groups is 1. The Morgan fingerprint density at radius 1 is 1.04 bits per heavy atom. The molecular formula is C18H16O4S. The molecule has 1 aliphatic rings. The Morgan fingerprint density at radius 2 is 1.74 bits per heavy atom. The van der Waals surface area contributed by atoms with Crippen LogP contribution < -0.4 is 4.74 Å². The number of hydrogen-bond donors (Lipinski definition) is 0. The molecule has 0 atom stereocenters. The molecule has 0 saturated carbocycles. The van der Waals surface area contributed by atoms with Crippen molar-refractivity contribution in [1.82, 2.24) is 0 Å². The maximum absolute atomic E-state index is 12.7. The van der Waals surface area contributed by atoms with Gasteiger partial charge in [-0.2, -0.15) is 0 Å².